The zero-order valence-corrected chi connectivity index (χ0v) is 20.0. The number of hydrogen-bond acceptors (Lipinski definition) is 6. The number of aliphatic carboxylic acids is 1. The van der Waals surface area contributed by atoms with Gasteiger partial charge >= 0.3 is 12.1 Å². The van der Waals surface area contributed by atoms with Crippen LogP contribution in [0.4, 0.5) is 4.79 Å². The number of carboxylic acid groups (broad SMARTS) is 1. The molecule has 0 heterocycles. The maximum absolute atomic E-state index is 12.5. The van der Waals surface area contributed by atoms with Crippen LogP contribution < -0.4 is 4.74 Å². The molecule has 34 heavy (non-hydrogen) atoms. The van der Waals surface area contributed by atoms with Crippen molar-refractivity contribution in [3.05, 3.63) is 65.7 Å². The summed E-state index contributed by atoms with van der Waals surface area (Å²) < 4.78 is 21.3. The van der Waals surface area contributed by atoms with E-state index in [0.717, 1.165) is 18.4 Å². The molecule has 0 aliphatic carbocycles. The Hall–Kier alpha value is -3.10. The highest BCUT2D eigenvalue weighted by molar-refractivity contribution is 5.72. The minimum atomic E-state index is -0.980. The third-order valence-electron chi connectivity index (χ3n) is 5.13. The number of rotatable bonds is 16. The highest BCUT2D eigenvalue weighted by Crippen LogP contribution is 2.15. The van der Waals surface area contributed by atoms with Gasteiger partial charge in [0.05, 0.1) is 13.2 Å². The molecule has 0 radical (unpaired) electrons. The Bertz CT molecular complexity index is 842. The molecular formula is C26H35NO7. The van der Waals surface area contributed by atoms with Crippen molar-refractivity contribution in [1.29, 1.82) is 0 Å². The van der Waals surface area contributed by atoms with E-state index in [9.17, 15) is 14.7 Å². The number of benzene rings is 2. The van der Waals surface area contributed by atoms with Gasteiger partial charge in [-0.15, -0.1) is 0 Å². The Kier molecular flexibility index (Phi) is 12.5. The van der Waals surface area contributed by atoms with Crippen molar-refractivity contribution in [2.24, 2.45) is 0 Å². The van der Waals surface area contributed by atoms with Crippen LogP contribution in [0.3, 0.4) is 0 Å². The molecule has 0 aliphatic heterocycles. The number of aryl methyl sites for hydroxylation is 1. The van der Waals surface area contributed by atoms with Crippen molar-refractivity contribution in [1.82, 2.24) is 4.90 Å². The Morgan fingerprint density at radius 1 is 0.941 bits per heavy atom. The van der Waals surface area contributed by atoms with Gasteiger partial charge in [-0.25, -0.2) is 9.59 Å². The first kappa shape index (κ1) is 27.1. The SMILES string of the molecule is CCOC(Cc1ccc(OCCN(CCCc2ccccc2)C(=O)OCCOC)cc1)C(=O)O. The summed E-state index contributed by atoms with van der Waals surface area (Å²) in [6.07, 6.45) is 0.698. The number of carbonyl (C=O) groups is 2. The Balaban J connectivity index is 1.85. The molecule has 1 amide bonds. The van der Waals surface area contributed by atoms with Gasteiger partial charge in [-0.2, -0.15) is 0 Å². The van der Waals surface area contributed by atoms with Crippen molar-refractivity contribution < 1.29 is 33.6 Å². The van der Waals surface area contributed by atoms with Gasteiger partial charge in [0, 0.05) is 26.7 Å². The molecule has 1 N–H and O–H groups in total. The number of ether oxygens (including phenoxy) is 4. The third kappa shape index (κ3) is 10.2. The summed E-state index contributed by atoms with van der Waals surface area (Å²) in [7, 11) is 1.56. The minimum Gasteiger partial charge on any atom is -0.492 e. The van der Waals surface area contributed by atoms with Crippen LogP contribution in [0.25, 0.3) is 0 Å². The van der Waals surface area contributed by atoms with Crippen molar-refractivity contribution in [3.8, 4) is 5.75 Å². The molecule has 1 unspecified atom stereocenters. The number of methoxy groups -OCH3 is 1. The normalized spacial score (nSPS) is 11.6. The second-order valence-corrected chi connectivity index (χ2v) is 7.66. The molecule has 2 rings (SSSR count). The summed E-state index contributed by atoms with van der Waals surface area (Å²) >= 11 is 0. The van der Waals surface area contributed by atoms with E-state index in [0.29, 0.717) is 38.7 Å². The van der Waals surface area contributed by atoms with Crippen LogP contribution >= 0.6 is 0 Å². The van der Waals surface area contributed by atoms with E-state index in [4.69, 9.17) is 18.9 Å². The third-order valence-corrected chi connectivity index (χ3v) is 5.13. The second-order valence-electron chi connectivity index (χ2n) is 7.66. The predicted octanol–water partition coefficient (Wildman–Crippen LogP) is 3.82. The van der Waals surface area contributed by atoms with E-state index in [1.165, 1.54) is 5.56 Å². The van der Waals surface area contributed by atoms with Crippen molar-refractivity contribution in [3.63, 3.8) is 0 Å². The molecule has 2 aromatic rings. The van der Waals surface area contributed by atoms with E-state index in [-0.39, 0.29) is 19.1 Å². The lowest BCUT2D eigenvalue weighted by atomic mass is 10.1. The fraction of sp³-hybridized carbons (Fsp3) is 0.462. The van der Waals surface area contributed by atoms with Crippen LogP contribution in [0, 0.1) is 0 Å². The summed E-state index contributed by atoms with van der Waals surface area (Å²) in [5.74, 6) is -0.337. The molecule has 0 spiro atoms. The van der Waals surface area contributed by atoms with Crippen LogP contribution in [0.15, 0.2) is 54.6 Å². The molecule has 1 atom stereocenters. The highest BCUT2D eigenvalue weighted by atomic mass is 16.6. The number of nitrogens with zero attached hydrogens (tertiary/aromatic N) is 1. The first-order chi connectivity index (χ1) is 16.5. The molecule has 0 saturated heterocycles. The fourth-order valence-electron chi connectivity index (χ4n) is 3.34. The zero-order valence-electron chi connectivity index (χ0n) is 20.0. The molecular weight excluding hydrogens is 438 g/mol. The average Bonchev–Trinajstić information content (AvgIpc) is 2.84. The Morgan fingerprint density at radius 2 is 1.68 bits per heavy atom. The van der Waals surface area contributed by atoms with Gasteiger partial charge in [-0.05, 0) is 43.0 Å². The van der Waals surface area contributed by atoms with Gasteiger partial charge in [0.2, 0.25) is 0 Å². The van der Waals surface area contributed by atoms with E-state index in [1.54, 1.807) is 31.1 Å². The summed E-state index contributed by atoms with van der Waals surface area (Å²) in [5.41, 5.74) is 2.07. The van der Waals surface area contributed by atoms with Gasteiger partial charge in [0.1, 0.15) is 19.0 Å². The lowest BCUT2D eigenvalue weighted by Crippen LogP contribution is -2.36. The largest absolute Gasteiger partial charge is 0.492 e. The summed E-state index contributed by atoms with van der Waals surface area (Å²) in [6.45, 7) is 3.90. The summed E-state index contributed by atoms with van der Waals surface area (Å²) in [4.78, 5) is 25.4. The van der Waals surface area contributed by atoms with Crippen molar-refractivity contribution in [2.45, 2.75) is 32.3 Å². The highest BCUT2D eigenvalue weighted by Gasteiger charge is 2.18. The van der Waals surface area contributed by atoms with Gasteiger partial charge in [-0.1, -0.05) is 42.5 Å². The van der Waals surface area contributed by atoms with E-state index >= 15 is 0 Å². The van der Waals surface area contributed by atoms with Crippen LogP contribution in [0.1, 0.15) is 24.5 Å². The minimum absolute atomic E-state index is 0.200. The Morgan fingerprint density at radius 3 is 2.32 bits per heavy atom. The standard InChI is InChI=1S/C26H35NO7/c1-3-32-24(25(28)29)20-22-11-13-23(14-12-22)33-17-16-27(26(30)34-19-18-31-2)15-7-10-21-8-5-4-6-9-21/h4-6,8-9,11-14,24H,3,7,10,15-20H2,1-2H3,(H,28,29). The lowest BCUT2D eigenvalue weighted by molar-refractivity contribution is -0.149. The maximum Gasteiger partial charge on any atom is 0.409 e. The van der Waals surface area contributed by atoms with Crippen molar-refractivity contribution >= 4 is 12.1 Å². The molecule has 2 aromatic carbocycles. The summed E-state index contributed by atoms with van der Waals surface area (Å²) in [5, 5.41) is 9.23. The number of carbonyl (C=O) groups excluding carboxylic acids is 1. The lowest BCUT2D eigenvalue weighted by Gasteiger charge is -2.22. The quantitative estimate of drug-likeness (QED) is 0.371. The molecule has 0 aliphatic rings. The number of amides is 1. The van der Waals surface area contributed by atoms with Gasteiger partial charge in [0.15, 0.2) is 6.10 Å². The maximum atomic E-state index is 12.5. The van der Waals surface area contributed by atoms with Crippen LogP contribution in [-0.4, -0.2) is 74.8 Å². The molecule has 0 saturated carbocycles. The fourth-order valence-corrected chi connectivity index (χ4v) is 3.34. The van der Waals surface area contributed by atoms with Gasteiger partial charge in [0.25, 0.3) is 0 Å². The molecule has 0 bridgehead atoms. The van der Waals surface area contributed by atoms with Crippen LogP contribution in [0.2, 0.25) is 0 Å². The average molecular weight is 474 g/mol. The zero-order chi connectivity index (χ0) is 24.6. The first-order valence-electron chi connectivity index (χ1n) is 11.5. The molecule has 0 fully saturated rings. The number of hydrogen-bond donors (Lipinski definition) is 1. The monoisotopic (exact) mass is 473 g/mol. The Labute approximate surface area is 201 Å². The van der Waals surface area contributed by atoms with E-state index in [1.807, 2.05) is 30.3 Å². The first-order valence-corrected chi connectivity index (χ1v) is 11.5. The van der Waals surface area contributed by atoms with Gasteiger partial charge in [-0.3, -0.25) is 0 Å². The van der Waals surface area contributed by atoms with E-state index < -0.39 is 12.1 Å². The van der Waals surface area contributed by atoms with E-state index in [2.05, 4.69) is 12.1 Å². The topological polar surface area (TPSA) is 94.5 Å². The second kappa shape index (κ2) is 15.7. The van der Waals surface area contributed by atoms with Crippen LogP contribution in [0.5, 0.6) is 5.75 Å². The molecule has 8 nitrogen and oxygen atoms in total. The molecule has 186 valence electrons. The van der Waals surface area contributed by atoms with Crippen molar-refractivity contribution in [2.75, 3.05) is 46.6 Å². The summed E-state index contributed by atoms with van der Waals surface area (Å²) in [6, 6.07) is 17.3. The predicted molar refractivity (Wildman–Crippen MR) is 128 cm³/mol. The van der Waals surface area contributed by atoms with Gasteiger partial charge < -0.3 is 29.0 Å². The van der Waals surface area contributed by atoms with Crippen LogP contribution in [-0.2, 0) is 31.8 Å². The molecule has 0 aromatic heterocycles. The smallest absolute Gasteiger partial charge is 0.409 e. The molecule has 8 heteroatoms. The number of carboxylic acids is 1.